The van der Waals surface area contributed by atoms with Gasteiger partial charge in [0.05, 0.1) is 31.0 Å². The normalized spacial score (nSPS) is 19.5. The Morgan fingerprint density at radius 1 is 0.878 bits per heavy atom. The number of amides is 1. The van der Waals surface area contributed by atoms with Gasteiger partial charge in [-0.25, -0.2) is 9.59 Å². The number of aromatic nitrogens is 1. The zero-order valence-electron chi connectivity index (χ0n) is 22.4. The highest BCUT2D eigenvalue weighted by atomic mass is 32.2. The summed E-state index contributed by atoms with van der Waals surface area (Å²) in [6, 6.07) is 23.7. The molecule has 0 aliphatic carbocycles. The fraction of sp³-hybridized carbons (Fsp3) is 0.156. The Morgan fingerprint density at radius 3 is 2.32 bits per heavy atom. The number of aryl methyl sites for hydroxylation is 1. The molecule has 4 aromatic rings. The minimum Gasteiger partial charge on any atom is -0.466 e. The van der Waals surface area contributed by atoms with Crippen molar-refractivity contribution in [2.75, 3.05) is 14.2 Å². The number of esters is 2. The van der Waals surface area contributed by atoms with E-state index in [1.165, 1.54) is 12.0 Å². The van der Waals surface area contributed by atoms with E-state index in [9.17, 15) is 19.2 Å². The molecule has 41 heavy (non-hydrogen) atoms. The molecule has 0 saturated heterocycles. The Kier molecular flexibility index (Phi) is 6.46. The van der Waals surface area contributed by atoms with Crippen molar-refractivity contribution < 1.29 is 28.7 Å². The maximum absolute atomic E-state index is 14.4. The van der Waals surface area contributed by atoms with Gasteiger partial charge < -0.3 is 9.47 Å². The first-order valence-corrected chi connectivity index (χ1v) is 13.6. The van der Waals surface area contributed by atoms with Gasteiger partial charge in [0.1, 0.15) is 17.2 Å². The Balaban J connectivity index is 1.76. The van der Waals surface area contributed by atoms with Crippen molar-refractivity contribution in [3.05, 3.63) is 119 Å². The molecule has 2 aliphatic rings. The number of hydrogen-bond acceptors (Lipinski definition) is 8. The Labute approximate surface area is 240 Å². The molecular formula is C32H24N2O6S. The molecule has 1 aromatic heterocycles. The van der Waals surface area contributed by atoms with E-state index in [4.69, 9.17) is 14.5 Å². The van der Waals surface area contributed by atoms with Crippen molar-refractivity contribution in [1.29, 1.82) is 0 Å². The molecule has 2 atom stereocenters. The molecule has 1 spiro atoms. The predicted molar refractivity (Wildman–Crippen MR) is 152 cm³/mol. The van der Waals surface area contributed by atoms with Crippen molar-refractivity contribution in [3.63, 3.8) is 0 Å². The van der Waals surface area contributed by atoms with E-state index in [2.05, 4.69) is 0 Å². The number of carbonyl (C=O) groups is 4. The second-order valence-corrected chi connectivity index (χ2v) is 10.8. The van der Waals surface area contributed by atoms with Crippen molar-refractivity contribution in [2.24, 2.45) is 0 Å². The van der Waals surface area contributed by atoms with Gasteiger partial charge in [-0.1, -0.05) is 71.9 Å². The number of pyridine rings is 1. The van der Waals surface area contributed by atoms with Crippen LogP contribution < -0.4 is 0 Å². The molecule has 8 nitrogen and oxygen atoms in total. The summed E-state index contributed by atoms with van der Waals surface area (Å²) < 4.78 is 10.3. The summed E-state index contributed by atoms with van der Waals surface area (Å²) in [5.41, 5.74) is 0.135. The summed E-state index contributed by atoms with van der Waals surface area (Å²) in [4.78, 5) is 62.8. The minimum atomic E-state index is -1.80. The number of fused-ring (bicyclic) bond motifs is 3. The quantitative estimate of drug-likeness (QED) is 0.322. The molecule has 3 aromatic carbocycles. The van der Waals surface area contributed by atoms with Crippen molar-refractivity contribution in [2.45, 2.75) is 23.3 Å². The number of rotatable bonds is 4. The standard InChI is InChI=1S/C32H24N2O6S/c1-18-13-16-24-21(17-18)32(31(38)41-24)25(29(36)39-2)26(30(37)40-3)34(28(35)20-10-5-4-6-11-20)27(32)23-15-14-19-9-7-8-12-22(19)33-23/h4-17,27H,1-3H3. The molecule has 0 fully saturated rings. The lowest BCUT2D eigenvalue weighted by molar-refractivity contribution is -0.140. The molecule has 204 valence electrons. The summed E-state index contributed by atoms with van der Waals surface area (Å²) in [7, 11) is 2.33. The number of para-hydroxylation sites is 1. The lowest BCUT2D eigenvalue weighted by Gasteiger charge is -2.36. The second kappa shape index (κ2) is 10.0. The van der Waals surface area contributed by atoms with Crippen LogP contribution in [0.25, 0.3) is 10.9 Å². The highest BCUT2D eigenvalue weighted by Crippen LogP contribution is 2.62. The van der Waals surface area contributed by atoms with Crippen LogP contribution in [0.1, 0.15) is 33.2 Å². The summed E-state index contributed by atoms with van der Waals surface area (Å²) in [6.45, 7) is 1.87. The van der Waals surface area contributed by atoms with E-state index < -0.39 is 34.4 Å². The number of benzene rings is 3. The van der Waals surface area contributed by atoms with Crippen molar-refractivity contribution in [3.8, 4) is 0 Å². The molecular weight excluding hydrogens is 540 g/mol. The van der Waals surface area contributed by atoms with Crippen LogP contribution in [-0.4, -0.2) is 47.1 Å². The van der Waals surface area contributed by atoms with Crippen LogP contribution in [0.4, 0.5) is 0 Å². The minimum absolute atomic E-state index is 0.252. The molecule has 0 bridgehead atoms. The first-order chi connectivity index (χ1) is 19.8. The van der Waals surface area contributed by atoms with Crippen molar-refractivity contribution in [1.82, 2.24) is 9.88 Å². The zero-order valence-corrected chi connectivity index (χ0v) is 23.2. The average Bonchev–Trinajstić information content (AvgIpc) is 3.48. The Hall–Kier alpha value is -4.76. The van der Waals surface area contributed by atoms with Gasteiger partial charge in [0.15, 0.2) is 0 Å². The predicted octanol–water partition coefficient (Wildman–Crippen LogP) is 4.91. The van der Waals surface area contributed by atoms with Gasteiger partial charge in [-0.3, -0.25) is 19.5 Å². The van der Waals surface area contributed by atoms with E-state index in [-0.39, 0.29) is 16.8 Å². The second-order valence-electron chi connectivity index (χ2n) is 9.78. The van der Waals surface area contributed by atoms with Crippen LogP contribution in [0.2, 0.25) is 0 Å². The fourth-order valence-electron chi connectivity index (χ4n) is 5.78. The number of methoxy groups -OCH3 is 2. The van der Waals surface area contributed by atoms with Crippen LogP contribution in [0.3, 0.4) is 0 Å². The lowest BCUT2D eigenvalue weighted by Crippen LogP contribution is -2.45. The van der Waals surface area contributed by atoms with Crippen LogP contribution in [-0.2, 0) is 29.3 Å². The average molecular weight is 565 g/mol. The Morgan fingerprint density at radius 2 is 1.59 bits per heavy atom. The molecule has 1 amide bonds. The van der Waals surface area contributed by atoms with Gasteiger partial charge in [0.2, 0.25) is 5.12 Å². The largest absolute Gasteiger partial charge is 0.466 e. The smallest absolute Gasteiger partial charge is 0.355 e. The van der Waals surface area contributed by atoms with Crippen LogP contribution in [0, 0.1) is 6.92 Å². The van der Waals surface area contributed by atoms with Gasteiger partial charge in [0, 0.05) is 15.8 Å². The molecule has 0 radical (unpaired) electrons. The number of hydrogen-bond donors (Lipinski definition) is 0. The summed E-state index contributed by atoms with van der Waals surface area (Å²) >= 11 is 0.962. The summed E-state index contributed by atoms with van der Waals surface area (Å²) in [6.07, 6.45) is 0. The van der Waals surface area contributed by atoms with Gasteiger partial charge in [-0.2, -0.15) is 0 Å². The van der Waals surface area contributed by atoms with Crippen LogP contribution in [0.5, 0.6) is 0 Å². The SMILES string of the molecule is COC(=O)C1=C(C(=O)OC)C2(C(=O)Sc3ccc(C)cc32)C(c2ccc3ccccc3n2)N1C(=O)c1ccccc1. The van der Waals surface area contributed by atoms with E-state index in [1.54, 1.807) is 42.5 Å². The summed E-state index contributed by atoms with van der Waals surface area (Å²) in [5, 5.41) is 0.421. The monoisotopic (exact) mass is 564 g/mol. The lowest BCUT2D eigenvalue weighted by atomic mass is 9.69. The van der Waals surface area contributed by atoms with Gasteiger partial charge in [0.25, 0.3) is 5.91 Å². The summed E-state index contributed by atoms with van der Waals surface area (Å²) in [5.74, 6) is -2.46. The van der Waals surface area contributed by atoms with E-state index in [0.29, 0.717) is 21.7 Å². The van der Waals surface area contributed by atoms with Crippen LogP contribution >= 0.6 is 11.8 Å². The third kappa shape index (κ3) is 3.88. The molecule has 9 heteroatoms. The van der Waals surface area contributed by atoms with Gasteiger partial charge in [-0.05, 0) is 42.8 Å². The molecule has 2 aliphatic heterocycles. The topological polar surface area (TPSA) is 103 Å². The zero-order chi connectivity index (χ0) is 28.9. The first kappa shape index (κ1) is 26.5. The number of nitrogens with zero attached hydrogens (tertiary/aromatic N) is 2. The maximum atomic E-state index is 14.4. The third-order valence-electron chi connectivity index (χ3n) is 7.53. The maximum Gasteiger partial charge on any atom is 0.355 e. The van der Waals surface area contributed by atoms with E-state index in [0.717, 1.165) is 29.8 Å². The number of carbonyl (C=O) groups excluding carboxylic acids is 4. The van der Waals surface area contributed by atoms with E-state index in [1.807, 2.05) is 49.4 Å². The fourth-order valence-corrected chi connectivity index (χ4v) is 6.93. The van der Waals surface area contributed by atoms with Gasteiger partial charge in [-0.15, -0.1) is 0 Å². The van der Waals surface area contributed by atoms with Gasteiger partial charge >= 0.3 is 11.9 Å². The third-order valence-corrected chi connectivity index (χ3v) is 8.62. The molecule has 0 N–H and O–H groups in total. The Bertz CT molecular complexity index is 1800. The number of ether oxygens (including phenoxy) is 2. The highest BCUT2D eigenvalue weighted by Gasteiger charge is 2.67. The van der Waals surface area contributed by atoms with E-state index >= 15 is 0 Å². The number of thioether (sulfide) groups is 1. The van der Waals surface area contributed by atoms with Crippen LogP contribution in [0.15, 0.2) is 101 Å². The first-order valence-electron chi connectivity index (χ1n) is 12.8. The highest BCUT2D eigenvalue weighted by molar-refractivity contribution is 8.14. The molecule has 3 heterocycles. The van der Waals surface area contributed by atoms with Crippen molar-refractivity contribution >= 4 is 45.6 Å². The molecule has 2 unspecified atom stereocenters. The molecule has 6 rings (SSSR count). The molecule has 0 saturated carbocycles.